The Balaban J connectivity index is 1.45. The van der Waals surface area contributed by atoms with Crippen LogP contribution in [0.3, 0.4) is 0 Å². The second-order valence-corrected chi connectivity index (χ2v) is 6.65. The van der Waals surface area contributed by atoms with Gasteiger partial charge in [0.25, 0.3) is 0 Å². The zero-order chi connectivity index (χ0) is 17.5. The fourth-order valence-corrected chi connectivity index (χ4v) is 3.01. The van der Waals surface area contributed by atoms with Crippen molar-refractivity contribution in [1.29, 1.82) is 0 Å². The highest BCUT2D eigenvalue weighted by Gasteiger charge is 2.21. The lowest BCUT2D eigenvalue weighted by atomic mass is 9.98. The first-order chi connectivity index (χ1) is 12.2. The molecule has 0 saturated heterocycles. The molecule has 1 fully saturated rings. The minimum atomic E-state index is -1.38. The van der Waals surface area contributed by atoms with Crippen molar-refractivity contribution in [3.05, 3.63) is 59.1 Å². The largest absolute Gasteiger partial charge is 0.785 e. The van der Waals surface area contributed by atoms with E-state index in [1.807, 2.05) is 12.1 Å². The molecular formula is C19H22BClO4. The maximum absolute atomic E-state index is 9.87. The molecular weight excluding hydrogens is 338 g/mol. The fraction of sp³-hybridized carbons (Fsp3) is 0.368. The van der Waals surface area contributed by atoms with E-state index in [0.717, 1.165) is 18.4 Å². The molecule has 1 aliphatic carbocycles. The molecule has 4 nitrogen and oxygen atoms in total. The van der Waals surface area contributed by atoms with Crippen LogP contribution in [0.25, 0.3) is 0 Å². The predicted octanol–water partition coefficient (Wildman–Crippen LogP) is 4.62. The van der Waals surface area contributed by atoms with Gasteiger partial charge in [0.15, 0.2) is 0 Å². The number of ether oxygens (including phenoxy) is 1. The zero-order valence-corrected chi connectivity index (χ0v) is 14.8. The molecule has 0 heterocycles. The van der Waals surface area contributed by atoms with Gasteiger partial charge in [0, 0.05) is 5.02 Å². The highest BCUT2D eigenvalue weighted by atomic mass is 35.5. The lowest BCUT2D eigenvalue weighted by molar-refractivity contribution is 0.0168. The standard InChI is InChI=1S/C19H22BClO4/c21-16-8-12-19(13-9-16)25-20(22)24-18-10-6-15(7-11-18)14-23-17-4-2-1-3-5-17/h6-13,17,22H,1-5,14H2. The van der Waals surface area contributed by atoms with Crippen molar-refractivity contribution in [3.63, 3.8) is 0 Å². The van der Waals surface area contributed by atoms with E-state index in [1.54, 1.807) is 36.4 Å². The van der Waals surface area contributed by atoms with Gasteiger partial charge in [0.05, 0.1) is 12.7 Å². The number of hydrogen-bond donors (Lipinski definition) is 1. The Morgan fingerprint density at radius 2 is 1.44 bits per heavy atom. The lowest BCUT2D eigenvalue weighted by Gasteiger charge is -2.22. The molecule has 3 rings (SSSR count). The number of rotatable bonds is 7. The van der Waals surface area contributed by atoms with Crippen LogP contribution in [0.5, 0.6) is 11.5 Å². The molecule has 0 radical (unpaired) electrons. The van der Waals surface area contributed by atoms with Crippen molar-refractivity contribution in [2.24, 2.45) is 0 Å². The SMILES string of the molecule is OB(Oc1ccc(Cl)cc1)Oc1ccc(COC2CCCCC2)cc1. The highest BCUT2D eigenvalue weighted by Crippen LogP contribution is 2.22. The first kappa shape index (κ1) is 18.1. The van der Waals surface area contributed by atoms with Crippen molar-refractivity contribution < 1.29 is 19.1 Å². The summed E-state index contributed by atoms with van der Waals surface area (Å²) in [5.74, 6) is 1.01. The number of benzene rings is 2. The zero-order valence-electron chi connectivity index (χ0n) is 14.1. The summed E-state index contributed by atoms with van der Waals surface area (Å²) in [4.78, 5) is 0. The molecule has 0 aromatic heterocycles. The maximum Gasteiger partial charge on any atom is 0.785 e. The molecule has 0 aliphatic heterocycles. The molecule has 1 saturated carbocycles. The van der Waals surface area contributed by atoms with Gasteiger partial charge in [-0.05, 0) is 54.8 Å². The molecule has 0 amide bonds. The van der Waals surface area contributed by atoms with Crippen LogP contribution in [-0.4, -0.2) is 18.4 Å². The molecule has 2 aromatic rings. The number of halogens is 1. The van der Waals surface area contributed by atoms with E-state index in [0.29, 0.717) is 29.2 Å². The topological polar surface area (TPSA) is 47.9 Å². The molecule has 132 valence electrons. The summed E-state index contributed by atoms with van der Waals surface area (Å²) < 4.78 is 16.6. The second kappa shape index (κ2) is 9.13. The van der Waals surface area contributed by atoms with Gasteiger partial charge in [0.1, 0.15) is 11.5 Å². The van der Waals surface area contributed by atoms with Crippen LogP contribution in [0, 0.1) is 0 Å². The van der Waals surface area contributed by atoms with E-state index in [9.17, 15) is 5.02 Å². The van der Waals surface area contributed by atoms with Crippen molar-refractivity contribution in [2.75, 3.05) is 0 Å². The van der Waals surface area contributed by atoms with Crippen LogP contribution in [0.1, 0.15) is 37.7 Å². The molecule has 0 bridgehead atoms. The summed E-state index contributed by atoms with van der Waals surface area (Å²) in [7, 11) is -1.38. The smallest absolute Gasteiger partial charge is 0.501 e. The van der Waals surface area contributed by atoms with Crippen LogP contribution in [0.4, 0.5) is 0 Å². The van der Waals surface area contributed by atoms with E-state index in [2.05, 4.69) is 0 Å². The lowest BCUT2D eigenvalue weighted by Crippen LogP contribution is -2.29. The van der Waals surface area contributed by atoms with Crippen molar-refractivity contribution in [3.8, 4) is 11.5 Å². The Labute approximate surface area is 153 Å². The van der Waals surface area contributed by atoms with E-state index < -0.39 is 7.32 Å². The van der Waals surface area contributed by atoms with Crippen LogP contribution < -0.4 is 9.31 Å². The van der Waals surface area contributed by atoms with Crippen LogP contribution in [0.2, 0.25) is 5.02 Å². The Morgan fingerprint density at radius 3 is 2.04 bits per heavy atom. The van der Waals surface area contributed by atoms with Gasteiger partial charge in [0.2, 0.25) is 0 Å². The van der Waals surface area contributed by atoms with Crippen molar-refractivity contribution in [2.45, 2.75) is 44.8 Å². The van der Waals surface area contributed by atoms with Gasteiger partial charge in [-0.15, -0.1) is 0 Å². The maximum atomic E-state index is 9.87. The molecule has 0 unspecified atom stereocenters. The fourth-order valence-electron chi connectivity index (χ4n) is 2.88. The van der Waals surface area contributed by atoms with Gasteiger partial charge >= 0.3 is 7.32 Å². The summed E-state index contributed by atoms with van der Waals surface area (Å²) >= 11 is 5.81. The molecule has 0 spiro atoms. The highest BCUT2D eigenvalue weighted by molar-refractivity contribution is 6.36. The average Bonchev–Trinajstić information content (AvgIpc) is 2.64. The van der Waals surface area contributed by atoms with Crippen molar-refractivity contribution in [1.82, 2.24) is 0 Å². The molecule has 1 N–H and O–H groups in total. The summed E-state index contributed by atoms with van der Waals surface area (Å²) in [6, 6.07) is 14.2. The third-order valence-corrected chi connectivity index (χ3v) is 4.50. The first-order valence-electron chi connectivity index (χ1n) is 8.66. The Morgan fingerprint density at radius 1 is 0.880 bits per heavy atom. The molecule has 0 atom stereocenters. The van der Waals surface area contributed by atoms with Crippen LogP contribution in [-0.2, 0) is 11.3 Å². The quantitative estimate of drug-likeness (QED) is 0.732. The normalized spacial score (nSPS) is 15.0. The molecule has 2 aromatic carbocycles. The Bertz CT molecular complexity index is 641. The summed E-state index contributed by atoms with van der Waals surface area (Å²) in [5.41, 5.74) is 1.09. The Hall–Kier alpha value is -1.69. The second-order valence-electron chi connectivity index (χ2n) is 6.21. The third-order valence-electron chi connectivity index (χ3n) is 4.25. The average molecular weight is 361 g/mol. The molecule has 1 aliphatic rings. The van der Waals surface area contributed by atoms with Gasteiger partial charge in [-0.25, -0.2) is 0 Å². The van der Waals surface area contributed by atoms with Gasteiger partial charge in [-0.2, -0.15) is 0 Å². The number of hydrogen-bond acceptors (Lipinski definition) is 4. The van der Waals surface area contributed by atoms with E-state index >= 15 is 0 Å². The van der Waals surface area contributed by atoms with Crippen LogP contribution in [0.15, 0.2) is 48.5 Å². The first-order valence-corrected chi connectivity index (χ1v) is 9.04. The minimum Gasteiger partial charge on any atom is -0.501 e. The predicted molar refractivity (Wildman–Crippen MR) is 98.8 cm³/mol. The summed E-state index contributed by atoms with van der Waals surface area (Å²) in [6.07, 6.45) is 6.57. The van der Waals surface area contributed by atoms with Gasteiger partial charge in [-0.1, -0.05) is 43.0 Å². The van der Waals surface area contributed by atoms with Gasteiger partial charge in [-0.3, -0.25) is 0 Å². The molecule has 25 heavy (non-hydrogen) atoms. The van der Waals surface area contributed by atoms with Crippen LogP contribution >= 0.6 is 11.6 Å². The van der Waals surface area contributed by atoms with E-state index in [-0.39, 0.29) is 0 Å². The monoisotopic (exact) mass is 360 g/mol. The van der Waals surface area contributed by atoms with Crippen molar-refractivity contribution >= 4 is 18.9 Å². The minimum absolute atomic E-state index is 0.388. The summed E-state index contributed by atoms with van der Waals surface area (Å²) in [5, 5.41) is 10.5. The van der Waals surface area contributed by atoms with Gasteiger partial charge < -0.3 is 19.1 Å². The third kappa shape index (κ3) is 5.96. The Kier molecular flexibility index (Phi) is 6.62. The molecule has 6 heteroatoms. The van der Waals surface area contributed by atoms with E-state index in [1.165, 1.54) is 19.3 Å². The summed E-state index contributed by atoms with van der Waals surface area (Å²) in [6.45, 7) is 0.606. The van der Waals surface area contributed by atoms with E-state index in [4.69, 9.17) is 25.6 Å².